The van der Waals surface area contributed by atoms with E-state index in [0.29, 0.717) is 13.0 Å². The number of allylic oxidation sites excluding steroid dienone is 3. The van der Waals surface area contributed by atoms with E-state index in [4.69, 9.17) is 10.5 Å². The van der Waals surface area contributed by atoms with Gasteiger partial charge in [-0.1, -0.05) is 85.8 Å². The van der Waals surface area contributed by atoms with Crippen molar-refractivity contribution in [3.05, 3.63) is 84.5 Å². The summed E-state index contributed by atoms with van der Waals surface area (Å²) in [5, 5.41) is 0. The lowest BCUT2D eigenvalue weighted by Crippen LogP contribution is -2.29. The zero-order chi connectivity index (χ0) is 19.8. The minimum atomic E-state index is -0.193. The van der Waals surface area contributed by atoms with Gasteiger partial charge in [-0.3, -0.25) is 4.79 Å². The second kappa shape index (κ2) is 10.0. The van der Waals surface area contributed by atoms with Gasteiger partial charge in [0.05, 0.1) is 12.5 Å². The Hall–Kier alpha value is -2.65. The summed E-state index contributed by atoms with van der Waals surface area (Å²) in [5.74, 6) is -0.0579. The number of carbonyl (C=O) groups excluding carboxylic acids is 1. The van der Waals surface area contributed by atoms with E-state index in [1.165, 1.54) is 16.7 Å². The molecule has 1 aliphatic carbocycles. The number of hydrogen-bond donors (Lipinski definition) is 1. The van der Waals surface area contributed by atoms with Crippen molar-refractivity contribution >= 4 is 5.97 Å². The molecule has 0 heterocycles. The smallest absolute Gasteiger partial charge is 0.308 e. The van der Waals surface area contributed by atoms with Crippen molar-refractivity contribution in [1.82, 2.24) is 0 Å². The molecule has 1 aliphatic rings. The van der Waals surface area contributed by atoms with Crippen LogP contribution in [0.2, 0.25) is 0 Å². The molecule has 1 unspecified atom stereocenters. The van der Waals surface area contributed by atoms with Crippen molar-refractivity contribution in [1.29, 1.82) is 0 Å². The number of nitrogens with two attached hydrogens (primary N) is 1. The van der Waals surface area contributed by atoms with Crippen LogP contribution in [0.4, 0.5) is 0 Å². The summed E-state index contributed by atoms with van der Waals surface area (Å²) in [5.41, 5.74) is 9.89. The summed E-state index contributed by atoms with van der Waals surface area (Å²) in [6.07, 6.45) is 10.5. The van der Waals surface area contributed by atoms with Crippen LogP contribution in [0.5, 0.6) is 0 Å². The minimum Gasteiger partial charge on any atom is -0.465 e. The molecule has 2 aromatic carbocycles. The van der Waals surface area contributed by atoms with Crippen molar-refractivity contribution in [2.45, 2.75) is 32.2 Å². The van der Waals surface area contributed by atoms with Gasteiger partial charge in [-0.2, -0.15) is 0 Å². The van der Waals surface area contributed by atoms with Crippen molar-refractivity contribution in [2.75, 3.05) is 6.61 Å². The van der Waals surface area contributed by atoms with Gasteiger partial charge in [0.2, 0.25) is 0 Å². The van der Waals surface area contributed by atoms with Crippen LogP contribution < -0.4 is 5.73 Å². The van der Waals surface area contributed by atoms with Gasteiger partial charge in [0.25, 0.3) is 0 Å². The van der Waals surface area contributed by atoms with Crippen molar-refractivity contribution < 1.29 is 9.53 Å². The third-order valence-corrected chi connectivity index (χ3v) is 5.13. The Kier molecular flexibility index (Phi) is 7.21. The predicted molar refractivity (Wildman–Crippen MR) is 115 cm³/mol. The first-order valence-electron chi connectivity index (χ1n) is 10.0. The molecular formula is C25H29NO2. The fraction of sp³-hybridized carbons (Fsp3) is 0.320. The largest absolute Gasteiger partial charge is 0.465 e. The van der Waals surface area contributed by atoms with Crippen LogP contribution in [-0.4, -0.2) is 18.6 Å². The average Bonchev–Trinajstić information content (AvgIpc) is 2.74. The van der Waals surface area contributed by atoms with E-state index in [9.17, 15) is 4.79 Å². The van der Waals surface area contributed by atoms with Crippen LogP contribution in [0, 0.1) is 11.8 Å². The summed E-state index contributed by atoms with van der Waals surface area (Å²) >= 11 is 0. The zero-order valence-corrected chi connectivity index (χ0v) is 16.5. The van der Waals surface area contributed by atoms with Gasteiger partial charge in [-0.05, 0) is 36.0 Å². The van der Waals surface area contributed by atoms with Gasteiger partial charge >= 0.3 is 5.97 Å². The second-order valence-corrected chi connectivity index (χ2v) is 7.60. The Labute approximate surface area is 167 Å². The highest BCUT2D eigenvalue weighted by Gasteiger charge is 2.19. The number of benzene rings is 2. The normalized spacial score (nSPS) is 17.9. The molecule has 3 heteroatoms. The van der Waals surface area contributed by atoms with Gasteiger partial charge in [0.1, 0.15) is 0 Å². The topological polar surface area (TPSA) is 52.3 Å². The van der Waals surface area contributed by atoms with Gasteiger partial charge < -0.3 is 10.5 Å². The van der Waals surface area contributed by atoms with E-state index in [0.717, 1.165) is 12.8 Å². The molecule has 0 aliphatic heterocycles. The monoisotopic (exact) mass is 375 g/mol. The Bertz CT molecular complexity index is 808. The maximum atomic E-state index is 12.3. The fourth-order valence-electron chi connectivity index (χ4n) is 3.49. The average molecular weight is 376 g/mol. The highest BCUT2D eigenvalue weighted by atomic mass is 16.5. The maximum absolute atomic E-state index is 12.3. The van der Waals surface area contributed by atoms with E-state index >= 15 is 0 Å². The molecule has 0 aromatic heterocycles. The van der Waals surface area contributed by atoms with Gasteiger partial charge in [0, 0.05) is 12.0 Å². The molecule has 2 N–H and O–H groups in total. The Morgan fingerprint density at radius 3 is 2.46 bits per heavy atom. The Morgan fingerprint density at radius 1 is 1.07 bits per heavy atom. The van der Waals surface area contributed by atoms with Crippen LogP contribution in [-0.2, 0) is 16.0 Å². The summed E-state index contributed by atoms with van der Waals surface area (Å²) < 4.78 is 5.48. The number of carbonyl (C=O) groups is 1. The van der Waals surface area contributed by atoms with Crippen molar-refractivity contribution in [3.63, 3.8) is 0 Å². The first-order valence-corrected chi connectivity index (χ1v) is 10.0. The molecular weight excluding hydrogens is 346 g/mol. The Morgan fingerprint density at radius 2 is 1.79 bits per heavy atom. The molecule has 28 heavy (non-hydrogen) atoms. The quantitative estimate of drug-likeness (QED) is 0.666. The fourth-order valence-corrected chi connectivity index (χ4v) is 3.49. The molecule has 3 nitrogen and oxygen atoms in total. The molecule has 0 bridgehead atoms. The van der Waals surface area contributed by atoms with Crippen LogP contribution in [0.1, 0.15) is 25.3 Å². The van der Waals surface area contributed by atoms with Crippen LogP contribution >= 0.6 is 0 Å². The first-order chi connectivity index (χ1) is 13.6. The van der Waals surface area contributed by atoms with E-state index in [2.05, 4.69) is 48.6 Å². The van der Waals surface area contributed by atoms with Gasteiger partial charge in [-0.15, -0.1) is 0 Å². The zero-order valence-electron chi connectivity index (χ0n) is 16.5. The SMILES string of the molecule is C[C@H](C[C@H](N)Cc1ccc(-c2ccccc2)cc1)C(=O)OCC1C=CC=CC1. The molecule has 0 saturated carbocycles. The van der Waals surface area contributed by atoms with Crippen LogP contribution in [0.15, 0.2) is 78.9 Å². The summed E-state index contributed by atoms with van der Waals surface area (Å²) in [6, 6.07) is 18.7. The molecule has 2 aromatic rings. The van der Waals surface area contributed by atoms with E-state index in [1.807, 2.05) is 37.3 Å². The molecule has 0 radical (unpaired) electrons. The van der Waals surface area contributed by atoms with E-state index in [1.54, 1.807) is 0 Å². The molecule has 146 valence electrons. The van der Waals surface area contributed by atoms with Crippen molar-refractivity contribution in [3.8, 4) is 11.1 Å². The lowest BCUT2D eigenvalue weighted by Gasteiger charge is -2.19. The second-order valence-electron chi connectivity index (χ2n) is 7.60. The summed E-state index contributed by atoms with van der Waals surface area (Å²) in [7, 11) is 0. The molecule has 0 fully saturated rings. The van der Waals surface area contributed by atoms with Gasteiger partial charge in [-0.25, -0.2) is 0 Å². The highest BCUT2D eigenvalue weighted by Crippen LogP contribution is 2.20. The van der Waals surface area contributed by atoms with E-state index in [-0.39, 0.29) is 23.8 Å². The number of ether oxygens (including phenoxy) is 1. The third-order valence-electron chi connectivity index (χ3n) is 5.13. The highest BCUT2D eigenvalue weighted by molar-refractivity contribution is 5.72. The van der Waals surface area contributed by atoms with Crippen LogP contribution in [0.25, 0.3) is 11.1 Å². The summed E-state index contributed by atoms with van der Waals surface area (Å²) in [6.45, 7) is 2.34. The maximum Gasteiger partial charge on any atom is 0.308 e. The standard InChI is InChI=1S/C25H29NO2/c1-19(25(27)28-18-21-8-4-2-5-9-21)16-24(26)17-20-12-14-23(15-13-20)22-10-6-3-7-11-22/h2-8,10-15,19,21,24H,9,16-18,26H2,1H3/t19-,21?,24+/m1/s1. The summed E-state index contributed by atoms with van der Waals surface area (Å²) in [4.78, 5) is 12.3. The third kappa shape index (κ3) is 5.93. The first kappa shape index (κ1) is 20.1. The van der Waals surface area contributed by atoms with Crippen LogP contribution in [0.3, 0.4) is 0 Å². The lowest BCUT2D eigenvalue weighted by molar-refractivity contribution is -0.149. The Balaban J connectivity index is 1.45. The van der Waals surface area contributed by atoms with Crippen molar-refractivity contribution in [2.24, 2.45) is 17.6 Å². The molecule has 3 atom stereocenters. The predicted octanol–water partition coefficient (Wildman–Crippen LogP) is 4.93. The lowest BCUT2D eigenvalue weighted by atomic mass is 9.95. The minimum absolute atomic E-state index is 0.0670. The van der Waals surface area contributed by atoms with Gasteiger partial charge in [0.15, 0.2) is 0 Å². The number of rotatable bonds is 8. The number of esters is 1. The molecule has 0 spiro atoms. The molecule has 3 rings (SSSR count). The number of hydrogen-bond acceptors (Lipinski definition) is 3. The van der Waals surface area contributed by atoms with E-state index < -0.39 is 0 Å². The molecule has 0 saturated heterocycles. The molecule has 0 amide bonds.